The maximum absolute atomic E-state index is 11.8. The van der Waals surface area contributed by atoms with E-state index < -0.39 is 15.4 Å². The highest BCUT2D eigenvalue weighted by atomic mass is 32.2. The number of nitrogens with one attached hydrogen (secondary N) is 1. The van der Waals surface area contributed by atoms with E-state index in [1.165, 1.54) is 6.08 Å². The summed E-state index contributed by atoms with van der Waals surface area (Å²) in [6.07, 6.45) is 3.37. The lowest BCUT2D eigenvalue weighted by atomic mass is 10.0. The van der Waals surface area contributed by atoms with E-state index in [0.29, 0.717) is 12.2 Å². The summed E-state index contributed by atoms with van der Waals surface area (Å²) in [7, 11) is -3.02. The van der Waals surface area contributed by atoms with E-state index in [2.05, 4.69) is 5.32 Å². The minimum absolute atomic E-state index is 0.000555. The number of furan rings is 1. The van der Waals surface area contributed by atoms with Crippen LogP contribution in [0.2, 0.25) is 0 Å². The lowest BCUT2D eigenvalue weighted by molar-refractivity contribution is -0.117. The zero-order chi connectivity index (χ0) is 14.1. The highest BCUT2D eigenvalue weighted by Crippen LogP contribution is 2.22. The summed E-state index contributed by atoms with van der Waals surface area (Å²) < 4.78 is 28.2. The largest absolute Gasteiger partial charge is 0.462 e. The van der Waals surface area contributed by atoms with Gasteiger partial charge in [0.05, 0.1) is 17.0 Å². The molecule has 1 saturated heterocycles. The Morgan fingerprint density at radius 2 is 2.21 bits per heavy atom. The fourth-order valence-electron chi connectivity index (χ4n) is 2.15. The third-order valence-electron chi connectivity index (χ3n) is 3.09. The van der Waals surface area contributed by atoms with Gasteiger partial charge in [0, 0.05) is 6.08 Å². The fourth-order valence-corrected chi connectivity index (χ4v) is 4.24. The van der Waals surface area contributed by atoms with E-state index in [4.69, 9.17) is 4.42 Å². The molecule has 5 nitrogen and oxygen atoms in total. The lowest BCUT2D eigenvalue weighted by Crippen LogP contribution is -2.46. The molecule has 1 amide bonds. The van der Waals surface area contributed by atoms with Gasteiger partial charge in [0.25, 0.3) is 0 Å². The van der Waals surface area contributed by atoms with Gasteiger partial charge in [-0.3, -0.25) is 4.79 Å². The van der Waals surface area contributed by atoms with Crippen LogP contribution in [0.15, 0.2) is 22.6 Å². The van der Waals surface area contributed by atoms with Crippen molar-refractivity contribution in [2.45, 2.75) is 25.8 Å². The van der Waals surface area contributed by atoms with Crippen molar-refractivity contribution in [1.29, 1.82) is 0 Å². The second-order valence-corrected chi connectivity index (χ2v) is 7.36. The molecule has 0 saturated carbocycles. The number of hydrogen-bond acceptors (Lipinski definition) is 4. The van der Waals surface area contributed by atoms with Crippen LogP contribution in [0, 0.1) is 6.92 Å². The summed E-state index contributed by atoms with van der Waals surface area (Å²) in [5.41, 5.74) is -0.667. The molecule has 0 unspecified atom stereocenters. The van der Waals surface area contributed by atoms with Crippen LogP contribution in [-0.2, 0) is 14.6 Å². The standard InChI is InChI=1S/C13H17NO4S/c1-10-3-4-11(18-10)5-6-12(15)14-13(2)7-8-19(16,17)9-13/h3-6H,7-9H2,1-2H3,(H,14,15)/b6-5-/t13-/m0/s1. The highest BCUT2D eigenvalue weighted by molar-refractivity contribution is 7.91. The third-order valence-corrected chi connectivity index (χ3v) is 4.99. The average Bonchev–Trinajstić information content (AvgIpc) is 2.80. The molecule has 19 heavy (non-hydrogen) atoms. The van der Waals surface area contributed by atoms with Crippen molar-refractivity contribution in [2.24, 2.45) is 0 Å². The van der Waals surface area contributed by atoms with Gasteiger partial charge in [-0.05, 0) is 38.5 Å². The quantitative estimate of drug-likeness (QED) is 0.848. The first kappa shape index (κ1) is 13.9. The van der Waals surface area contributed by atoms with Crippen molar-refractivity contribution < 1.29 is 17.6 Å². The van der Waals surface area contributed by atoms with E-state index in [-0.39, 0.29) is 17.4 Å². The van der Waals surface area contributed by atoms with Crippen molar-refractivity contribution in [2.75, 3.05) is 11.5 Å². The van der Waals surface area contributed by atoms with Crippen LogP contribution in [-0.4, -0.2) is 31.4 Å². The molecule has 1 aromatic heterocycles. The topological polar surface area (TPSA) is 76.4 Å². The maximum Gasteiger partial charge on any atom is 0.244 e. The Bertz CT molecular complexity index is 614. The molecule has 1 aliphatic rings. The Balaban J connectivity index is 1.97. The van der Waals surface area contributed by atoms with Gasteiger partial charge in [-0.1, -0.05) is 0 Å². The molecule has 1 aromatic rings. The van der Waals surface area contributed by atoms with Crippen molar-refractivity contribution in [1.82, 2.24) is 5.32 Å². The zero-order valence-corrected chi connectivity index (χ0v) is 11.8. The molecule has 2 rings (SSSR count). The molecule has 1 aliphatic heterocycles. The SMILES string of the molecule is Cc1ccc(/C=C\C(=O)N[C@@]2(C)CCS(=O)(=O)C2)o1. The Morgan fingerprint density at radius 1 is 1.47 bits per heavy atom. The van der Waals surface area contributed by atoms with Gasteiger partial charge in [-0.2, -0.15) is 0 Å². The summed E-state index contributed by atoms with van der Waals surface area (Å²) >= 11 is 0. The number of rotatable bonds is 3. The number of amides is 1. The molecule has 0 aliphatic carbocycles. The van der Waals surface area contributed by atoms with Crippen LogP contribution >= 0.6 is 0 Å². The number of hydrogen-bond donors (Lipinski definition) is 1. The van der Waals surface area contributed by atoms with Crippen LogP contribution in [0.4, 0.5) is 0 Å². The summed E-state index contributed by atoms with van der Waals surface area (Å²) in [5.74, 6) is 1.18. The van der Waals surface area contributed by atoms with E-state index in [1.54, 1.807) is 19.1 Å². The van der Waals surface area contributed by atoms with E-state index >= 15 is 0 Å². The Labute approximate surface area is 112 Å². The predicted molar refractivity (Wildman–Crippen MR) is 72.3 cm³/mol. The Morgan fingerprint density at radius 3 is 2.74 bits per heavy atom. The summed E-state index contributed by atoms with van der Waals surface area (Å²) in [5, 5.41) is 2.74. The lowest BCUT2D eigenvalue weighted by Gasteiger charge is -2.22. The van der Waals surface area contributed by atoms with Gasteiger partial charge in [0.1, 0.15) is 11.5 Å². The molecule has 104 valence electrons. The molecule has 0 spiro atoms. The Kier molecular flexibility index (Phi) is 3.54. The fraction of sp³-hybridized carbons (Fsp3) is 0.462. The Hall–Kier alpha value is -1.56. The van der Waals surface area contributed by atoms with Gasteiger partial charge in [-0.25, -0.2) is 8.42 Å². The van der Waals surface area contributed by atoms with E-state index in [1.807, 2.05) is 13.0 Å². The van der Waals surface area contributed by atoms with Crippen molar-refractivity contribution in [3.63, 3.8) is 0 Å². The van der Waals surface area contributed by atoms with E-state index in [0.717, 1.165) is 5.76 Å². The van der Waals surface area contributed by atoms with Gasteiger partial charge >= 0.3 is 0 Å². The minimum Gasteiger partial charge on any atom is -0.462 e. The van der Waals surface area contributed by atoms with Crippen LogP contribution in [0.1, 0.15) is 24.9 Å². The first-order valence-corrected chi connectivity index (χ1v) is 7.87. The smallest absolute Gasteiger partial charge is 0.244 e. The second-order valence-electron chi connectivity index (χ2n) is 5.17. The van der Waals surface area contributed by atoms with Gasteiger partial charge in [-0.15, -0.1) is 0 Å². The van der Waals surface area contributed by atoms with Crippen LogP contribution < -0.4 is 5.32 Å². The summed E-state index contributed by atoms with van der Waals surface area (Å²) in [6.45, 7) is 3.57. The summed E-state index contributed by atoms with van der Waals surface area (Å²) in [4.78, 5) is 11.8. The first-order valence-electron chi connectivity index (χ1n) is 6.05. The number of sulfone groups is 1. The normalized spacial score (nSPS) is 25.8. The molecule has 1 fully saturated rings. The molecule has 1 N–H and O–H groups in total. The van der Waals surface area contributed by atoms with Crippen molar-refractivity contribution in [3.8, 4) is 0 Å². The average molecular weight is 283 g/mol. The van der Waals surface area contributed by atoms with Crippen LogP contribution in [0.25, 0.3) is 6.08 Å². The predicted octanol–water partition coefficient (Wildman–Crippen LogP) is 1.29. The summed E-state index contributed by atoms with van der Waals surface area (Å²) in [6, 6.07) is 3.57. The number of carbonyl (C=O) groups excluding carboxylic acids is 1. The molecular weight excluding hydrogens is 266 g/mol. The number of carbonyl (C=O) groups is 1. The zero-order valence-electron chi connectivity index (χ0n) is 11.0. The van der Waals surface area contributed by atoms with Gasteiger partial charge < -0.3 is 9.73 Å². The molecule has 6 heteroatoms. The molecule has 2 heterocycles. The molecular formula is C13H17NO4S. The second kappa shape index (κ2) is 4.85. The maximum atomic E-state index is 11.8. The minimum atomic E-state index is -3.02. The van der Waals surface area contributed by atoms with Crippen molar-refractivity contribution in [3.05, 3.63) is 29.7 Å². The van der Waals surface area contributed by atoms with Crippen LogP contribution in [0.3, 0.4) is 0 Å². The molecule has 0 aromatic carbocycles. The van der Waals surface area contributed by atoms with Gasteiger partial charge in [0.2, 0.25) is 5.91 Å². The third kappa shape index (κ3) is 3.70. The molecule has 0 radical (unpaired) electrons. The number of aryl methyl sites for hydroxylation is 1. The van der Waals surface area contributed by atoms with Gasteiger partial charge in [0.15, 0.2) is 9.84 Å². The monoisotopic (exact) mass is 283 g/mol. The first-order chi connectivity index (χ1) is 8.78. The van der Waals surface area contributed by atoms with Crippen LogP contribution in [0.5, 0.6) is 0 Å². The van der Waals surface area contributed by atoms with Crippen molar-refractivity contribution >= 4 is 21.8 Å². The van der Waals surface area contributed by atoms with E-state index in [9.17, 15) is 13.2 Å². The molecule has 0 bridgehead atoms. The molecule has 1 atom stereocenters. The highest BCUT2D eigenvalue weighted by Gasteiger charge is 2.39.